The first-order valence-electron chi connectivity index (χ1n) is 12.8. The van der Waals surface area contributed by atoms with Gasteiger partial charge in [0.15, 0.2) is 11.5 Å². The smallest absolute Gasteiger partial charge is 0.203 e. The van der Waals surface area contributed by atoms with Crippen LogP contribution >= 0.6 is 0 Å². The lowest BCUT2D eigenvalue weighted by Crippen LogP contribution is -2.06. The van der Waals surface area contributed by atoms with Crippen LogP contribution in [0.15, 0.2) is 18.2 Å². The normalized spacial score (nSPS) is 10.9. The van der Waals surface area contributed by atoms with Crippen LogP contribution < -0.4 is 14.2 Å². The van der Waals surface area contributed by atoms with Crippen molar-refractivity contribution >= 4 is 0 Å². The SMILES string of the molecule is CCCCCCCOc1cccc(OCCCCCCC)c1OCCCCCCC. The van der Waals surface area contributed by atoms with E-state index in [1.54, 1.807) is 0 Å². The maximum atomic E-state index is 6.19. The van der Waals surface area contributed by atoms with Gasteiger partial charge in [0.05, 0.1) is 19.8 Å². The third-order valence-electron chi connectivity index (χ3n) is 5.45. The second-order valence-electron chi connectivity index (χ2n) is 8.37. The Bertz CT molecular complexity index is 467. The van der Waals surface area contributed by atoms with Gasteiger partial charge in [-0.05, 0) is 31.4 Å². The summed E-state index contributed by atoms with van der Waals surface area (Å²) < 4.78 is 18.4. The van der Waals surface area contributed by atoms with Gasteiger partial charge < -0.3 is 14.2 Å². The number of benzene rings is 1. The molecule has 0 aromatic heterocycles. The van der Waals surface area contributed by atoms with Crippen molar-refractivity contribution in [3.63, 3.8) is 0 Å². The van der Waals surface area contributed by atoms with E-state index in [9.17, 15) is 0 Å². The molecule has 30 heavy (non-hydrogen) atoms. The Morgan fingerprint density at radius 1 is 0.467 bits per heavy atom. The maximum Gasteiger partial charge on any atom is 0.203 e. The van der Waals surface area contributed by atoms with E-state index in [2.05, 4.69) is 20.8 Å². The molecule has 0 saturated heterocycles. The third-order valence-corrected chi connectivity index (χ3v) is 5.45. The lowest BCUT2D eigenvalue weighted by molar-refractivity contribution is 0.234. The molecule has 0 aliphatic rings. The minimum atomic E-state index is 0.730. The van der Waals surface area contributed by atoms with Crippen molar-refractivity contribution in [3.8, 4) is 17.2 Å². The first kappa shape index (κ1) is 26.7. The van der Waals surface area contributed by atoms with Gasteiger partial charge in [-0.2, -0.15) is 0 Å². The average molecular weight is 421 g/mol. The Kier molecular flexibility index (Phi) is 17.4. The molecule has 1 aromatic carbocycles. The molecular formula is C27H48O3. The van der Waals surface area contributed by atoms with Crippen molar-refractivity contribution < 1.29 is 14.2 Å². The summed E-state index contributed by atoms with van der Waals surface area (Å²) in [6, 6.07) is 6.06. The fourth-order valence-electron chi connectivity index (χ4n) is 3.52. The molecule has 0 aliphatic heterocycles. The van der Waals surface area contributed by atoms with Crippen LogP contribution in [0.25, 0.3) is 0 Å². The molecule has 1 rings (SSSR count). The number of rotatable bonds is 21. The van der Waals surface area contributed by atoms with Crippen molar-refractivity contribution in [1.82, 2.24) is 0 Å². The molecular weight excluding hydrogens is 372 g/mol. The molecule has 0 amide bonds. The summed E-state index contributed by atoms with van der Waals surface area (Å²) in [7, 11) is 0. The monoisotopic (exact) mass is 420 g/mol. The molecule has 0 atom stereocenters. The summed E-state index contributed by atoms with van der Waals surface area (Å²) in [5.74, 6) is 2.47. The van der Waals surface area contributed by atoms with Gasteiger partial charge in [-0.1, -0.05) is 104 Å². The second kappa shape index (κ2) is 19.6. The van der Waals surface area contributed by atoms with Gasteiger partial charge in [0.25, 0.3) is 0 Å². The standard InChI is InChI=1S/C27H48O3/c1-4-7-10-13-16-22-28-25-20-19-21-26(29-23-17-14-11-8-5-2)27(25)30-24-18-15-12-9-6-3/h19-21H,4-18,22-24H2,1-3H3. The lowest BCUT2D eigenvalue weighted by atomic mass is 10.1. The minimum absolute atomic E-state index is 0.730. The summed E-state index contributed by atoms with van der Waals surface area (Å²) in [5.41, 5.74) is 0. The molecule has 0 N–H and O–H groups in total. The molecule has 3 heteroatoms. The quantitative estimate of drug-likeness (QED) is 0.186. The zero-order valence-electron chi connectivity index (χ0n) is 20.2. The van der Waals surface area contributed by atoms with Gasteiger partial charge in [-0.3, -0.25) is 0 Å². The average Bonchev–Trinajstić information content (AvgIpc) is 2.76. The summed E-state index contributed by atoms with van der Waals surface area (Å²) in [6.45, 7) is 8.97. The van der Waals surface area contributed by atoms with Crippen LogP contribution in [0.5, 0.6) is 17.2 Å². The largest absolute Gasteiger partial charge is 0.490 e. The minimum Gasteiger partial charge on any atom is -0.490 e. The molecule has 174 valence electrons. The first-order valence-corrected chi connectivity index (χ1v) is 12.8. The van der Waals surface area contributed by atoms with Gasteiger partial charge in [-0.25, -0.2) is 0 Å². The van der Waals surface area contributed by atoms with Crippen LogP contribution in [0.1, 0.15) is 117 Å². The number of para-hydroxylation sites is 1. The number of unbranched alkanes of at least 4 members (excludes halogenated alkanes) is 12. The Morgan fingerprint density at radius 2 is 0.833 bits per heavy atom. The van der Waals surface area contributed by atoms with Gasteiger partial charge in [0.2, 0.25) is 5.75 Å². The molecule has 0 fully saturated rings. The highest BCUT2D eigenvalue weighted by atomic mass is 16.5. The molecule has 0 saturated carbocycles. The van der Waals surface area contributed by atoms with E-state index in [-0.39, 0.29) is 0 Å². The molecule has 0 heterocycles. The topological polar surface area (TPSA) is 27.7 Å². The lowest BCUT2D eigenvalue weighted by Gasteiger charge is -2.17. The number of hydrogen-bond acceptors (Lipinski definition) is 3. The highest BCUT2D eigenvalue weighted by Gasteiger charge is 2.13. The molecule has 0 aliphatic carbocycles. The van der Waals surface area contributed by atoms with Gasteiger partial charge >= 0.3 is 0 Å². The van der Waals surface area contributed by atoms with Crippen molar-refractivity contribution in [3.05, 3.63) is 18.2 Å². The molecule has 0 spiro atoms. The van der Waals surface area contributed by atoms with Crippen molar-refractivity contribution in [2.24, 2.45) is 0 Å². The summed E-state index contributed by atoms with van der Waals surface area (Å²) >= 11 is 0. The number of ether oxygens (including phenoxy) is 3. The van der Waals surface area contributed by atoms with E-state index in [4.69, 9.17) is 14.2 Å². The van der Waals surface area contributed by atoms with Crippen LogP contribution in [0.2, 0.25) is 0 Å². The fraction of sp³-hybridized carbons (Fsp3) is 0.778. The van der Waals surface area contributed by atoms with Crippen LogP contribution in [-0.2, 0) is 0 Å². The van der Waals surface area contributed by atoms with Crippen LogP contribution in [0, 0.1) is 0 Å². The van der Waals surface area contributed by atoms with Gasteiger partial charge in [-0.15, -0.1) is 0 Å². The Labute approximate surface area is 186 Å². The summed E-state index contributed by atoms with van der Waals surface area (Å²) in [6.07, 6.45) is 18.6. The predicted molar refractivity (Wildman–Crippen MR) is 129 cm³/mol. The van der Waals surface area contributed by atoms with E-state index < -0.39 is 0 Å². The molecule has 3 nitrogen and oxygen atoms in total. The fourth-order valence-corrected chi connectivity index (χ4v) is 3.52. The first-order chi connectivity index (χ1) is 14.8. The summed E-state index contributed by atoms with van der Waals surface area (Å²) in [4.78, 5) is 0. The van der Waals surface area contributed by atoms with Crippen molar-refractivity contribution in [2.75, 3.05) is 19.8 Å². The molecule has 1 aromatic rings. The predicted octanol–water partition coefficient (Wildman–Crippen LogP) is 8.73. The molecule has 0 radical (unpaired) electrons. The van der Waals surface area contributed by atoms with Gasteiger partial charge in [0.1, 0.15) is 0 Å². The molecule has 0 bridgehead atoms. The zero-order valence-corrected chi connectivity index (χ0v) is 20.2. The highest BCUT2D eigenvalue weighted by Crippen LogP contribution is 2.37. The van der Waals surface area contributed by atoms with Crippen molar-refractivity contribution in [2.45, 2.75) is 117 Å². The third kappa shape index (κ3) is 13.0. The van der Waals surface area contributed by atoms with Crippen LogP contribution in [0.3, 0.4) is 0 Å². The Hall–Kier alpha value is -1.38. The summed E-state index contributed by atoms with van der Waals surface area (Å²) in [5, 5.41) is 0. The van der Waals surface area contributed by atoms with Gasteiger partial charge in [0, 0.05) is 0 Å². The highest BCUT2D eigenvalue weighted by molar-refractivity contribution is 5.51. The maximum absolute atomic E-state index is 6.19. The van der Waals surface area contributed by atoms with Crippen LogP contribution in [-0.4, -0.2) is 19.8 Å². The van der Waals surface area contributed by atoms with Crippen LogP contribution in [0.4, 0.5) is 0 Å². The van der Waals surface area contributed by atoms with E-state index in [1.807, 2.05) is 18.2 Å². The Balaban J connectivity index is 2.55. The second-order valence-corrected chi connectivity index (χ2v) is 8.37. The zero-order chi connectivity index (χ0) is 21.7. The Morgan fingerprint density at radius 3 is 1.23 bits per heavy atom. The van der Waals surface area contributed by atoms with E-state index in [0.29, 0.717) is 0 Å². The van der Waals surface area contributed by atoms with E-state index in [1.165, 1.54) is 77.0 Å². The molecule has 0 unspecified atom stereocenters. The van der Waals surface area contributed by atoms with Crippen molar-refractivity contribution in [1.29, 1.82) is 0 Å². The van der Waals surface area contributed by atoms with E-state index in [0.717, 1.165) is 56.3 Å². The number of hydrogen-bond donors (Lipinski definition) is 0. The van der Waals surface area contributed by atoms with E-state index >= 15 is 0 Å².